The van der Waals surface area contributed by atoms with Gasteiger partial charge in [0.05, 0.1) is 5.69 Å². The van der Waals surface area contributed by atoms with Gasteiger partial charge in [-0.05, 0) is 88.6 Å². The lowest BCUT2D eigenvalue weighted by Gasteiger charge is -2.08. The van der Waals surface area contributed by atoms with Crippen LogP contribution in [0.2, 0.25) is 0 Å². The van der Waals surface area contributed by atoms with Gasteiger partial charge >= 0.3 is 0 Å². The van der Waals surface area contributed by atoms with Crippen molar-refractivity contribution in [2.75, 3.05) is 0 Å². The highest BCUT2D eigenvalue weighted by Crippen LogP contribution is 2.39. The van der Waals surface area contributed by atoms with E-state index in [1.165, 1.54) is 16.3 Å². The van der Waals surface area contributed by atoms with E-state index >= 15 is 0 Å². The molecule has 166 valence electrons. The monoisotopic (exact) mass is 443 g/mol. The van der Waals surface area contributed by atoms with Gasteiger partial charge in [-0.15, -0.1) is 0 Å². The summed E-state index contributed by atoms with van der Waals surface area (Å²) in [4.78, 5) is 4.62. The van der Waals surface area contributed by atoms with Crippen molar-refractivity contribution >= 4 is 32.7 Å². The first-order valence-electron chi connectivity index (χ1n) is 12.7. The summed E-state index contributed by atoms with van der Waals surface area (Å²) in [6, 6.07) is 29.1. The highest BCUT2D eigenvalue weighted by Gasteiger charge is 2.16. The van der Waals surface area contributed by atoms with Crippen molar-refractivity contribution in [1.29, 1.82) is 0 Å². The zero-order valence-corrected chi connectivity index (χ0v) is 19.6. The molecular formula is C32H27NO. The van der Waals surface area contributed by atoms with Crippen LogP contribution in [0.3, 0.4) is 0 Å². The zero-order valence-electron chi connectivity index (χ0n) is 21.6. The Morgan fingerprint density at radius 3 is 2.56 bits per heavy atom. The second-order valence-electron chi connectivity index (χ2n) is 9.26. The van der Waals surface area contributed by atoms with Crippen LogP contribution in [-0.4, -0.2) is 4.98 Å². The first-order valence-corrected chi connectivity index (χ1v) is 11.7. The number of hydrogen-bond acceptors (Lipinski definition) is 2. The number of hydrogen-bond donors (Lipinski definition) is 0. The summed E-state index contributed by atoms with van der Waals surface area (Å²) in [7, 11) is 0. The van der Waals surface area contributed by atoms with Crippen molar-refractivity contribution in [3.8, 4) is 22.4 Å². The maximum atomic E-state index is 8.55. The van der Waals surface area contributed by atoms with E-state index in [9.17, 15) is 0 Å². The van der Waals surface area contributed by atoms with Gasteiger partial charge in [-0.2, -0.15) is 0 Å². The Morgan fingerprint density at radius 2 is 1.68 bits per heavy atom. The fourth-order valence-electron chi connectivity index (χ4n) is 4.86. The molecule has 34 heavy (non-hydrogen) atoms. The molecule has 0 radical (unpaired) electrons. The van der Waals surface area contributed by atoms with Crippen LogP contribution in [0.4, 0.5) is 0 Å². The number of furan rings is 1. The largest absolute Gasteiger partial charge is 0.455 e. The maximum Gasteiger partial charge on any atom is 0.144 e. The van der Waals surface area contributed by atoms with Gasteiger partial charge in [0.2, 0.25) is 0 Å². The molecule has 4 aromatic carbocycles. The molecule has 0 N–H and O–H groups in total. The van der Waals surface area contributed by atoms with Crippen molar-refractivity contribution in [2.45, 2.75) is 27.1 Å². The summed E-state index contributed by atoms with van der Waals surface area (Å²) < 4.78 is 23.5. The average Bonchev–Trinajstić information content (AvgIpc) is 3.25. The molecule has 0 saturated heterocycles. The number of aryl methyl sites for hydroxylation is 1. The summed E-state index contributed by atoms with van der Waals surface area (Å²) in [5.41, 5.74) is 7.29. The first-order chi connectivity index (χ1) is 17.3. The van der Waals surface area contributed by atoms with E-state index in [1.807, 2.05) is 26.0 Å². The van der Waals surface area contributed by atoms with Gasteiger partial charge < -0.3 is 4.42 Å². The predicted octanol–water partition coefficient (Wildman–Crippen LogP) is 8.98. The molecular weight excluding hydrogens is 414 g/mol. The van der Waals surface area contributed by atoms with Crippen LogP contribution in [0, 0.1) is 12.8 Å². The molecule has 0 unspecified atom stereocenters. The van der Waals surface area contributed by atoms with Crippen LogP contribution in [0.1, 0.15) is 27.7 Å². The van der Waals surface area contributed by atoms with Crippen molar-refractivity contribution in [3.63, 3.8) is 0 Å². The van der Waals surface area contributed by atoms with Gasteiger partial charge in [-0.3, -0.25) is 4.98 Å². The second kappa shape index (κ2) is 8.14. The highest BCUT2D eigenvalue weighted by molar-refractivity contribution is 6.11. The van der Waals surface area contributed by atoms with E-state index in [1.54, 1.807) is 12.3 Å². The minimum Gasteiger partial charge on any atom is -0.455 e. The number of nitrogens with zero attached hydrogens (tertiary/aromatic N) is 1. The smallest absolute Gasteiger partial charge is 0.144 e. The lowest BCUT2D eigenvalue weighted by atomic mass is 9.96. The third kappa shape index (κ3) is 3.56. The average molecular weight is 444 g/mol. The van der Waals surface area contributed by atoms with E-state index in [0.717, 1.165) is 44.3 Å². The van der Waals surface area contributed by atoms with Crippen molar-refractivity contribution < 1.29 is 7.16 Å². The Hall–Kier alpha value is -3.91. The van der Waals surface area contributed by atoms with Crippen LogP contribution in [0.25, 0.3) is 55.1 Å². The third-order valence-electron chi connectivity index (χ3n) is 6.31. The quantitative estimate of drug-likeness (QED) is 0.272. The number of rotatable bonds is 4. The molecule has 0 fully saturated rings. The van der Waals surface area contributed by atoms with E-state index in [0.29, 0.717) is 5.56 Å². The maximum absolute atomic E-state index is 8.55. The molecule has 2 heteroatoms. The van der Waals surface area contributed by atoms with Gasteiger partial charge in [0.25, 0.3) is 0 Å². The fraction of sp³-hybridized carbons (Fsp3) is 0.156. The normalized spacial score (nSPS) is 13.1. The molecule has 0 aliphatic rings. The predicted molar refractivity (Wildman–Crippen MR) is 143 cm³/mol. The topological polar surface area (TPSA) is 26.0 Å². The summed E-state index contributed by atoms with van der Waals surface area (Å²) in [5.74, 6) is -0.149. The van der Waals surface area contributed by atoms with Gasteiger partial charge in [0, 0.05) is 25.3 Å². The summed E-state index contributed by atoms with van der Waals surface area (Å²) in [6.45, 7) is 5.88. The van der Waals surface area contributed by atoms with Crippen molar-refractivity contribution in [2.24, 2.45) is 5.92 Å². The van der Waals surface area contributed by atoms with Crippen molar-refractivity contribution in [3.05, 3.63) is 102 Å². The molecule has 6 aromatic rings. The van der Waals surface area contributed by atoms with Crippen LogP contribution in [0.5, 0.6) is 0 Å². The van der Waals surface area contributed by atoms with Gasteiger partial charge in [-0.1, -0.05) is 62.4 Å². The molecule has 0 bridgehead atoms. The van der Waals surface area contributed by atoms with Gasteiger partial charge in [0.15, 0.2) is 0 Å². The van der Waals surface area contributed by atoms with Gasteiger partial charge in [-0.25, -0.2) is 0 Å². The molecule has 0 atom stereocenters. The zero-order chi connectivity index (χ0) is 25.0. The van der Waals surface area contributed by atoms with Crippen molar-refractivity contribution in [1.82, 2.24) is 4.98 Å². The first kappa shape index (κ1) is 18.5. The molecule has 6 rings (SSSR count). The Bertz CT molecular complexity index is 1760. The number of pyridine rings is 1. The number of benzene rings is 4. The fourth-order valence-corrected chi connectivity index (χ4v) is 4.86. The Morgan fingerprint density at radius 1 is 0.824 bits per heavy atom. The molecule has 0 spiro atoms. The lowest BCUT2D eigenvalue weighted by molar-refractivity contribution is 0.647. The molecule has 0 aliphatic heterocycles. The Kier molecular flexibility index (Phi) is 4.43. The van der Waals surface area contributed by atoms with Gasteiger partial charge in [0.1, 0.15) is 11.2 Å². The second-order valence-corrected chi connectivity index (χ2v) is 9.26. The Balaban J connectivity index is 1.56. The number of fused-ring (bicyclic) bond motifs is 4. The molecule has 0 aliphatic carbocycles. The lowest BCUT2D eigenvalue weighted by Crippen LogP contribution is -1.95. The molecule has 0 saturated carbocycles. The molecule has 0 amide bonds. The highest BCUT2D eigenvalue weighted by atomic mass is 16.3. The molecule has 2 nitrogen and oxygen atoms in total. The summed E-state index contributed by atoms with van der Waals surface area (Å²) in [5, 5.41) is 4.55. The SMILES string of the molecule is [2H]C([2H])(c1ccnc(-c2cc(C)cc3c2oc2ccc(-c4cccc5ccccc45)cc23)c1)C(C)C. The van der Waals surface area contributed by atoms with E-state index in [-0.39, 0.29) is 5.92 Å². The van der Waals surface area contributed by atoms with Crippen LogP contribution >= 0.6 is 0 Å². The van der Waals surface area contributed by atoms with Crippen LogP contribution in [0.15, 0.2) is 95.5 Å². The van der Waals surface area contributed by atoms with E-state index < -0.39 is 6.37 Å². The summed E-state index contributed by atoms with van der Waals surface area (Å²) >= 11 is 0. The standard InChI is InChI=1S/C32H27NO/c1-20(2)15-22-13-14-33-30(18-22)29-17-21(3)16-28-27-19-24(11-12-31(27)34-32(28)29)26-10-6-8-23-7-4-5-9-25(23)26/h4-14,16-20H,15H2,1-3H3/i15D2. The molecule has 2 aromatic heterocycles. The molecule has 2 heterocycles. The van der Waals surface area contributed by atoms with E-state index in [2.05, 4.69) is 78.6 Å². The summed E-state index contributed by atoms with van der Waals surface area (Å²) in [6.07, 6.45) is 0.252. The van der Waals surface area contributed by atoms with E-state index in [4.69, 9.17) is 7.16 Å². The minimum absolute atomic E-state index is 0.149. The number of aromatic nitrogens is 1. The van der Waals surface area contributed by atoms with Crippen LogP contribution in [-0.2, 0) is 6.37 Å². The Labute approximate surface area is 202 Å². The minimum atomic E-state index is -1.44. The third-order valence-corrected chi connectivity index (χ3v) is 6.31. The van der Waals surface area contributed by atoms with Crippen LogP contribution < -0.4 is 0 Å².